The first kappa shape index (κ1) is 17.2. The van der Waals surface area contributed by atoms with E-state index in [9.17, 15) is 14.4 Å². The molecule has 138 valence electrons. The fraction of sp³-hybridized carbons (Fsp3) is 0.550. The molecule has 0 aromatic heterocycles. The van der Waals surface area contributed by atoms with Crippen molar-refractivity contribution in [2.45, 2.75) is 51.6 Å². The van der Waals surface area contributed by atoms with Crippen LogP contribution in [0, 0.1) is 11.8 Å². The summed E-state index contributed by atoms with van der Waals surface area (Å²) >= 11 is 0. The van der Waals surface area contributed by atoms with Crippen LogP contribution in [0.4, 0.5) is 5.69 Å². The number of benzene rings is 1. The molecule has 4 atom stereocenters. The lowest BCUT2D eigenvalue weighted by atomic mass is 9.76. The van der Waals surface area contributed by atoms with Crippen molar-refractivity contribution < 1.29 is 14.4 Å². The number of rotatable bonds is 4. The van der Waals surface area contributed by atoms with Gasteiger partial charge in [0.15, 0.2) is 0 Å². The Balaban J connectivity index is 1.83. The van der Waals surface area contributed by atoms with Gasteiger partial charge in [-0.2, -0.15) is 0 Å². The van der Waals surface area contributed by atoms with Gasteiger partial charge in [-0.25, -0.2) is 0 Å². The summed E-state index contributed by atoms with van der Waals surface area (Å²) in [7, 11) is 0. The molecule has 2 N–H and O–H groups in total. The van der Waals surface area contributed by atoms with Gasteiger partial charge in [0.25, 0.3) is 0 Å². The molecule has 3 heterocycles. The zero-order valence-corrected chi connectivity index (χ0v) is 15.5. The Morgan fingerprint density at radius 1 is 1.15 bits per heavy atom. The maximum Gasteiger partial charge on any atom is 0.250 e. The van der Waals surface area contributed by atoms with E-state index >= 15 is 0 Å². The number of carbonyl (C=O) groups is 3. The minimum atomic E-state index is -1.14. The fourth-order valence-corrected chi connectivity index (χ4v) is 4.83. The molecule has 1 spiro atoms. The van der Waals surface area contributed by atoms with Gasteiger partial charge in [0.2, 0.25) is 17.7 Å². The molecule has 4 rings (SSSR count). The maximum absolute atomic E-state index is 13.2. The van der Waals surface area contributed by atoms with E-state index in [1.807, 2.05) is 32.0 Å². The minimum absolute atomic E-state index is 0.141. The van der Waals surface area contributed by atoms with Crippen LogP contribution in [0.15, 0.2) is 18.2 Å². The molecule has 0 bridgehead atoms. The molecular formula is C20H25N3O3. The van der Waals surface area contributed by atoms with E-state index < -0.39 is 17.4 Å². The van der Waals surface area contributed by atoms with Crippen LogP contribution in [-0.2, 0) is 26.3 Å². The normalized spacial score (nSPS) is 32.3. The number of nitrogens with one attached hydrogen (secondary N) is 2. The van der Waals surface area contributed by atoms with E-state index in [0.717, 1.165) is 36.1 Å². The van der Waals surface area contributed by atoms with Gasteiger partial charge in [-0.1, -0.05) is 32.4 Å². The zero-order chi connectivity index (χ0) is 18.6. The van der Waals surface area contributed by atoms with Gasteiger partial charge in [0.1, 0.15) is 5.54 Å². The lowest BCUT2D eigenvalue weighted by molar-refractivity contribution is -0.142. The van der Waals surface area contributed by atoms with Crippen molar-refractivity contribution in [2.75, 3.05) is 11.9 Å². The number of likely N-dealkylation sites (tertiary alicyclic amines) is 1. The number of unbranched alkanes of at least 4 members (excludes halogenated alkanes) is 1. The first-order valence-electron chi connectivity index (χ1n) is 9.53. The third-order valence-corrected chi connectivity index (χ3v) is 6.16. The Morgan fingerprint density at radius 3 is 2.62 bits per heavy atom. The van der Waals surface area contributed by atoms with Crippen molar-refractivity contribution in [3.05, 3.63) is 29.3 Å². The molecule has 6 heteroatoms. The summed E-state index contributed by atoms with van der Waals surface area (Å²) < 4.78 is 0. The number of imide groups is 1. The summed E-state index contributed by atoms with van der Waals surface area (Å²) in [6.45, 7) is 6.43. The number of aryl methyl sites for hydroxylation is 1. The molecule has 0 saturated carbocycles. The fourth-order valence-electron chi connectivity index (χ4n) is 4.83. The SMILES string of the molecule is CCCCN1C(=O)C2C(C)NC3(C(=O)Nc4ccc(CC)cc43)C2C1=O. The molecule has 3 amide bonds. The number of hydrogen-bond acceptors (Lipinski definition) is 4. The number of hydrogen-bond donors (Lipinski definition) is 2. The third-order valence-electron chi connectivity index (χ3n) is 6.16. The van der Waals surface area contributed by atoms with E-state index in [1.54, 1.807) is 0 Å². The Kier molecular flexibility index (Phi) is 3.91. The van der Waals surface area contributed by atoms with Crippen molar-refractivity contribution >= 4 is 23.4 Å². The average Bonchev–Trinajstić information content (AvgIpc) is 3.18. The molecule has 4 unspecified atom stereocenters. The second kappa shape index (κ2) is 5.91. The Morgan fingerprint density at radius 2 is 1.92 bits per heavy atom. The summed E-state index contributed by atoms with van der Waals surface area (Å²) in [5, 5.41) is 6.27. The van der Waals surface area contributed by atoms with E-state index in [2.05, 4.69) is 17.6 Å². The number of nitrogens with zero attached hydrogens (tertiary/aromatic N) is 1. The first-order valence-corrected chi connectivity index (χ1v) is 9.53. The van der Waals surface area contributed by atoms with Crippen LogP contribution in [0.25, 0.3) is 0 Å². The molecule has 1 aromatic rings. The highest BCUT2D eigenvalue weighted by Crippen LogP contribution is 2.52. The number of amides is 3. The van der Waals surface area contributed by atoms with Crippen molar-refractivity contribution in [1.82, 2.24) is 10.2 Å². The molecule has 2 saturated heterocycles. The van der Waals surface area contributed by atoms with Gasteiger partial charge in [-0.15, -0.1) is 0 Å². The van der Waals surface area contributed by atoms with Crippen LogP contribution in [0.1, 0.15) is 44.7 Å². The van der Waals surface area contributed by atoms with Crippen LogP contribution < -0.4 is 10.6 Å². The van der Waals surface area contributed by atoms with Gasteiger partial charge in [0.05, 0.1) is 11.8 Å². The van der Waals surface area contributed by atoms with Crippen molar-refractivity contribution in [3.63, 3.8) is 0 Å². The zero-order valence-electron chi connectivity index (χ0n) is 15.5. The van der Waals surface area contributed by atoms with E-state index in [0.29, 0.717) is 6.54 Å². The summed E-state index contributed by atoms with van der Waals surface area (Å²) in [5.41, 5.74) is 1.51. The molecule has 3 aliphatic heterocycles. The highest BCUT2D eigenvalue weighted by atomic mass is 16.2. The average molecular weight is 355 g/mol. The van der Waals surface area contributed by atoms with Gasteiger partial charge in [0, 0.05) is 23.8 Å². The highest BCUT2D eigenvalue weighted by Gasteiger charge is 2.69. The number of fused-ring (bicyclic) bond motifs is 4. The standard InChI is InChI=1S/C20H25N3O3/c1-4-6-9-23-17(24)15-11(3)22-20(16(15)18(23)25)13-10-12(5-2)7-8-14(13)21-19(20)26/h7-8,10-11,15-16,22H,4-6,9H2,1-3H3,(H,21,26). The molecule has 6 nitrogen and oxygen atoms in total. The van der Waals surface area contributed by atoms with Crippen molar-refractivity contribution in [1.29, 1.82) is 0 Å². The lowest BCUT2D eigenvalue weighted by Gasteiger charge is -2.29. The predicted octanol–water partition coefficient (Wildman–Crippen LogP) is 1.79. The van der Waals surface area contributed by atoms with Crippen LogP contribution in [0.5, 0.6) is 0 Å². The van der Waals surface area contributed by atoms with Crippen LogP contribution >= 0.6 is 0 Å². The Labute approximate surface area is 153 Å². The first-order chi connectivity index (χ1) is 12.5. The second-order valence-electron chi connectivity index (χ2n) is 7.61. The van der Waals surface area contributed by atoms with E-state index in [1.165, 1.54) is 4.90 Å². The molecule has 1 aromatic carbocycles. The van der Waals surface area contributed by atoms with Gasteiger partial charge in [-0.05, 0) is 31.4 Å². The summed E-state index contributed by atoms with van der Waals surface area (Å²) in [6, 6.07) is 5.66. The quantitative estimate of drug-likeness (QED) is 0.807. The minimum Gasteiger partial charge on any atom is -0.324 e. The maximum atomic E-state index is 13.2. The monoisotopic (exact) mass is 355 g/mol. The molecule has 26 heavy (non-hydrogen) atoms. The molecular weight excluding hydrogens is 330 g/mol. The van der Waals surface area contributed by atoms with Crippen LogP contribution in [0.3, 0.4) is 0 Å². The van der Waals surface area contributed by atoms with Crippen molar-refractivity contribution in [2.24, 2.45) is 11.8 Å². The van der Waals surface area contributed by atoms with Gasteiger partial charge in [-0.3, -0.25) is 24.6 Å². The van der Waals surface area contributed by atoms with E-state index in [4.69, 9.17) is 0 Å². The lowest BCUT2D eigenvalue weighted by Crippen LogP contribution is -2.53. The summed E-state index contributed by atoms with van der Waals surface area (Å²) in [6.07, 6.45) is 2.54. The van der Waals surface area contributed by atoms with Crippen LogP contribution in [0.2, 0.25) is 0 Å². The van der Waals surface area contributed by atoms with Crippen LogP contribution in [-0.4, -0.2) is 35.2 Å². The summed E-state index contributed by atoms with van der Waals surface area (Å²) in [4.78, 5) is 40.6. The number of carbonyl (C=O) groups excluding carboxylic acids is 3. The molecule has 2 fully saturated rings. The molecule has 0 radical (unpaired) electrons. The second-order valence-corrected chi connectivity index (χ2v) is 7.61. The smallest absolute Gasteiger partial charge is 0.250 e. The largest absolute Gasteiger partial charge is 0.324 e. The highest BCUT2D eigenvalue weighted by molar-refractivity contribution is 6.15. The van der Waals surface area contributed by atoms with E-state index in [-0.39, 0.29) is 23.8 Å². The summed E-state index contributed by atoms with van der Waals surface area (Å²) in [5.74, 6) is -1.73. The number of anilines is 1. The topological polar surface area (TPSA) is 78.5 Å². The predicted molar refractivity (Wildman–Crippen MR) is 97.3 cm³/mol. The van der Waals surface area contributed by atoms with Crippen molar-refractivity contribution in [3.8, 4) is 0 Å². The molecule has 0 aliphatic carbocycles. The third kappa shape index (κ3) is 2.05. The molecule has 3 aliphatic rings. The van der Waals surface area contributed by atoms with Gasteiger partial charge >= 0.3 is 0 Å². The van der Waals surface area contributed by atoms with Gasteiger partial charge < -0.3 is 5.32 Å². The Hall–Kier alpha value is -2.21. The Bertz CT molecular complexity index is 805.